The highest BCUT2D eigenvalue weighted by Gasteiger charge is 2.38. The van der Waals surface area contributed by atoms with Crippen LogP contribution in [-0.2, 0) is 4.79 Å². The van der Waals surface area contributed by atoms with Gasteiger partial charge in [-0.25, -0.2) is 0 Å². The van der Waals surface area contributed by atoms with E-state index in [1.165, 1.54) is 0 Å². The number of nitrogens with one attached hydrogen (secondary N) is 1. The number of rotatable bonds is 5. The van der Waals surface area contributed by atoms with E-state index in [-0.39, 0.29) is 18.1 Å². The lowest BCUT2D eigenvalue weighted by Crippen LogP contribution is -2.43. The molecular weight excluding hydrogens is 200 g/mol. The maximum atomic E-state index is 12.1. The highest BCUT2D eigenvalue weighted by molar-refractivity contribution is 5.84. The molecule has 0 bridgehead atoms. The van der Waals surface area contributed by atoms with Crippen LogP contribution in [-0.4, -0.2) is 29.1 Å². The first kappa shape index (κ1) is 13.5. The molecule has 1 amide bonds. The molecule has 3 nitrogen and oxygen atoms in total. The van der Waals surface area contributed by atoms with Gasteiger partial charge in [0.1, 0.15) is 0 Å². The van der Waals surface area contributed by atoms with Crippen LogP contribution in [0.25, 0.3) is 0 Å². The molecule has 94 valence electrons. The van der Waals surface area contributed by atoms with Crippen molar-refractivity contribution in [3.63, 3.8) is 0 Å². The molecule has 1 rings (SSSR count). The van der Waals surface area contributed by atoms with Crippen LogP contribution in [0, 0.1) is 5.92 Å². The molecule has 0 spiro atoms. The number of hydrogen-bond acceptors (Lipinski definition) is 2. The van der Waals surface area contributed by atoms with Gasteiger partial charge in [0.2, 0.25) is 5.91 Å². The molecule has 0 aromatic rings. The quantitative estimate of drug-likeness (QED) is 0.780. The second-order valence-corrected chi connectivity index (χ2v) is 5.42. The van der Waals surface area contributed by atoms with Crippen molar-refractivity contribution in [3.8, 4) is 0 Å². The van der Waals surface area contributed by atoms with E-state index in [0.717, 1.165) is 19.3 Å². The van der Waals surface area contributed by atoms with Crippen molar-refractivity contribution >= 4 is 5.91 Å². The summed E-state index contributed by atoms with van der Waals surface area (Å²) >= 11 is 0. The Morgan fingerprint density at radius 3 is 2.50 bits per heavy atom. The maximum absolute atomic E-state index is 12.1. The van der Waals surface area contributed by atoms with Crippen molar-refractivity contribution < 1.29 is 4.79 Å². The molecule has 1 N–H and O–H groups in total. The molecule has 1 heterocycles. The highest BCUT2D eigenvalue weighted by Crippen LogP contribution is 2.21. The average molecular weight is 226 g/mol. The van der Waals surface area contributed by atoms with Crippen molar-refractivity contribution in [2.45, 2.75) is 72.1 Å². The normalized spacial score (nSPS) is 27.9. The van der Waals surface area contributed by atoms with Gasteiger partial charge in [-0.15, -0.1) is 0 Å². The second-order valence-electron chi connectivity index (χ2n) is 5.42. The Labute approximate surface area is 99.6 Å². The first-order chi connectivity index (χ1) is 7.47. The summed E-state index contributed by atoms with van der Waals surface area (Å²) < 4.78 is 0. The third-order valence-corrected chi connectivity index (χ3v) is 3.25. The number of nitrogens with zero attached hydrogens (tertiary/aromatic N) is 1. The van der Waals surface area contributed by atoms with Gasteiger partial charge in [-0.2, -0.15) is 0 Å². The lowest BCUT2D eigenvalue weighted by Gasteiger charge is -2.31. The third-order valence-electron chi connectivity index (χ3n) is 3.25. The zero-order chi connectivity index (χ0) is 12.3. The van der Waals surface area contributed by atoms with Crippen LogP contribution in [0.5, 0.6) is 0 Å². The molecule has 0 aromatic heterocycles. The van der Waals surface area contributed by atoms with E-state index in [9.17, 15) is 4.79 Å². The summed E-state index contributed by atoms with van der Waals surface area (Å²) in [6, 6.07) is 0.340. The highest BCUT2D eigenvalue weighted by atomic mass is 16.2. The summed E-state index contributed by atoms with van der Waals surface area (Å²) in [5.41, 5.74) is 0. The summed E-state index contributed by atoms with van der Waals surface area (Å²) in [5.74, 6) is 0.910. The lowest BCUT2D eigenvalue weighted by atomic mass is 10.0. The fraction of sp³-hybridized carbons (Fsp3) is 0.923. The second kappa shape index (κ2) is 5.67. The van der Waals surface area contributed by atoms with Crippen molar-refractivity contribution in [1.29, 1.82) is 0 Å². The van der Waals surface area contributed by atoms with Crippen molar-refractivity contribution in [1.82, 2.24) is 10.2 Å². The Balaban J connectivity index is 2.69. The zero-order valence-electron chi connectivity index (χ0n) is 11.3. The van der Waals surface area contributed by atoms with E-state index in [2.05, 4.69) is 37.9 Å². The first-order valence-electron chi connectivity index (χ1n) is 6.55. The van der Waals surface area contributed by atoms with E-state index in [1.807, 2.05) is 6.92 Å². The van der Waals surface area contributed by atoms with Gasteiger partial charge in [0.15, 0.2) is 0 Å². The van der Waals surface area contributed by atoms with Gasteiger partial charge in [0, 0.05) is 6.04 Å². The molecule has 1 fully saturated rings. The largest absolute Gasteiger partial charge is 0.323 e. The minimum atomic E-state index is -0.00818. The Bertz CT molecular complexity index is 240. The fourth-order valence-electron chi connectivity index (χ4n) is 2.63. The molecule has 1 aliphatic rings. The third kappa shape index (κ3) is 2.97. The van der Waals surface area contributed by atoms with Crippen LogP contribution >= 0.6 is 0 Å². The van der Waals surface area contributed by atoms with Gasteiger partial charge < -0.3 is 4.90 Å². The van der Waals surface area contributed by atoms with Crippen LogP contribution in [0.3, 0.4) is 0 Å². The van der Waals surface area contributed by atoms with Crippen LogP contribution in [0.15, 0.2) is 0 Å². The first-order valence-corrected chi connectivity index (χ1v) is 6.55. The SMILES string of the molecule is CCCC1NC(C)C(=O)N1C(C)CC(C)C. The molecule has 0 radical (unpaired) electrons. The van der Waals surface area contributed by atoms with Crippen LogP contribution in [0.4, 0.5) is 0 Å². The smallest absolute Gasteiger partial charge is 0.240 e. The van der Waals surface area contributed by atoms with Gasteiger partial charge in [-0.1, -0.05) is 27.2 Å². The van der Waals surface area contributed by atoms with Gasteiger partial charge >= 0.3 is 0 Å². The summed E-state index contributed by atoms with van der Waals surface area (Å²) in [7, 11) is 0. The lowest BCUT2D eigenvalue weighted by molar-refractivity contribution is -0.132. The summed E-state index contributed by atoms with van der Waals surface area (Å²) in [5, 5.41) is 3.39. The predicted molar refractivity (Wildman–Crippen MR) is 67.1 cm³/mol. The number of hydrogen-bond donors (Lipinski definition) is 1. The van der Waals surface area contributed by atoms with Gasteiger partial charge in [0.25, 0.3) is 0 Å². The topological polar surface area (TPSA) is 32.3 Å². The maximum Gasteiger partial charge on any atom is 0.240 e. The molecule has 0 aromatic carbocycles. The Hall–Kier alpha value is -0.570. The molecule has 0 aliphatic carbocycles. The Morgan fingerprint density at radius 1 is 1.38 bits per heavy atom. The Morgan fingerprint density at radius 2 is 2.00 bits per heavy atom. The van der Waals surface area contributed by atoms with E-state index < -0.39 is 0 Å². The van der Waals surface area contributed by atoms with E-state index in [1.54, 1.807) is 0 Å². The standard InChI is InChI=1S/C13H26N2O/c1-6-7-12-14-11(5)13(16)15(12)10(4)8-9(2)3/h9-12,14H,6-8H2,1-5H3. The van der Waals surface area contributed by atoms with Gasteiger partial charge in [-0.05, 0) is 32.6 Å². The number of carbonyl (C=O) groups is 1. The average Bonchev–Trinajstić information content (AvgIpc) is 2.42. The molecule has 3 atom stereocenters. The molecule has 3 heteroatoms. The molecule has 1 aliphatic heterocycles. The van der Waals surface area contributed by atoms with E-state index in [0.29, 0.717) is 12.0 Å². The monoisotopic (exact) mass is 226 g/mol. The predicted octanol–water partition coefficient (Wildman–Crippen LogP) is 2.37. The van der Waals surface area contributed by atoms with Crippen molar-refractivity contribution in [2.75, 3.05) is 0 Å². The van der Waals surface area contributed by atoms with Crippen LogP contribution in [0.1, 0.15) is 53.9 Å². The minimum Gasteiger partial charge on any atom is -0.323 e. The molecular formula is C13H26N2O. The van der Waals surface area contributed by atoms with E-state index >= 15 is 0 Å². The summed E-state index contributed by atoms with van der Waals surface area (Å²) in [4.78, 5) is 14.1. The van der Waals surface area contributed by atoms with Crippen LogP contribution < -0.4 is 5.32 Å². The summed E-state index contributed by atoms with van der Waals surface area (Å²) in [6.07, 6.45) is 3.50. The molecule has 1 saturated heterocycles. The molecule has 0 saturated carbocycles. The molecule has 16 heavy (non-hydrogen) atoms. The molecule has 3 unspecified atom stereocenters. The Kier molecular flexibility index (Phi) is 4.78. The van der Waals surface area contributed by atoms with Gasteiger partial charge in [-0.3, -0.25) is 10.1 Å². The number of amides is 1. The number of carbonyl (C=O) groups excluding carboxylic acids is 1. The van der Waals surface area contributed by atoms with E-state index in [4.69, 9.17) is 0 Å². The summed E-state index contributed by atoms with van der Waals surface area (Å²) in [6.45, 7) is 10.7. The minimum absolute atomic E-state index is 0.00818. The van der Waals surface area contributed by atoms with Crippen molar-refractivity contribution in [3.05, 3.63) is 0 Å². The van der Waals surface area contributed by atoms with Crippen LogP contribution in [0.2, 0.25) is 0 Å². The zero-order valence-corrected chi connectivity index (χ0v) is 11.3. The fourth-order valence-corrected chi connectivity index (χ4v) is 2.63. The van der Waals surface area contributed by atoms with Crippen molar-refractivity contribution in [2.24, 2.45) is 5.92 Å². The van der Waals surface area contributed by atoms with Gasteiger partial charge in [0.05, 0.1) is 12.2 Å².